The predicted octanol–water partition coefficient (Wildman–Crippen LogP) is 6.14. The molecule has 7 heteroatoms. The first kappa shape index (κ1) is 24.1. The molecule has 176 valence electrons. The van der Waals surface area contributed by atoms with E-state index in [2.05, 4.69) is 16.0 Å². The normalized spacial score (nSPS) is 11.1. The number of aromatic nitrogens is 2. The van der Waals surface area contributed by atoms with E-state index in [1.54, 1.807) is 0 Å². The molecule has 0 saturated heterocycles. The van der Waals surface area contributed by atoms with Crippen LogP contribution in [-0.2, 0) is 17.8 Å². The number of hydrogen-bond acceptors (Lipinski definition) is 3. The van der Waals surface area contributed by atoms with Crippen LogP contribution < -0.4 is 10.1 Å². The number of fused-ring (bicyclic) bond motifs is 1. The molecule has 0 saturated carbocycles. The maximum absolute atomic E-state index is 12.3. The summed E-state index contributed by atoms with van der Waals surface area (Å²) in [5.74, 6) is 1.57. The summed E-state index contributed by atoms with van der Waals surface area (Å²) in [6.45, 7) is 5.16. The maximum Gasteiger partial charge on any atom is 0.257 e. The molecule has 0 spiro atoms. The zero-order chi connectivity index (χ0) is 24.1. The van der Waals surface area contributed by atoms with E-state index in [1.165, 1.54) is 0 Å². The molecule has 3 aromatic carbocycles. The Bertz CT molecular complexity index is 1320. The van der Waals surface area contributed by atoms with Crippen molar-refractivity contribution in [3.8, 4) is 5.75 Å². The average Bonchev–Trinajstić information content (AvgIpc) is 3.17. The van der Waals surface area contributed by atoms with Crippen LogP contribution in [0.3, 0.4) is 0 Å². The van der Waals surface area contributed by atoms with Gasteiger partial charge in [0, 0.05) is 19.5 Å². The van der Waals surface area contributed by atoms with Gasteiger partial charge < -0.3 is 14.6 Å². The van der Waals surface area contributed by atoms with Gasteiger partial charge in [-0.25, -0.2) is 4.98 Å². The minimum Gasteiger partial charge on any atom is -0.483 e. The van der Waals surface area contributed by atoms with E-state index >= 15 is 0 Å². The predicted molar refractivity (Wildman–Crippen MR) is 138 cm³/mol. The largest absolute Gasteiger partial charge is 0.483 e. The van der Waals surface area contributed by atoms with Gasteiger partial charge in [0.2, 0.25) is 0 Å². The van der Waals surface area contributed by atoms with Gasteiger partial charge in [-0.1, -0.05) is 53.5 Å². The second kappa shape index (κ2) is 10.9. The van der Waals surface area contributed by atoms with Crippen molar-refractivity contribution in [3.63, 3.8) is 0 Å². The zero-order valence-corrected chi connectivity index (χ0v) is 20.8. The van der Waals surface area contributed by atoms with Crippen LogP contribution in [-0.4, -0.2) is 28.6 Å². The minimum absolute atomic E-state index is 0.000131. The van der Waals surface area contributed by atoms with Crippen molar-refractivity contribution in [3.05, 3.63) is 93.2 Å². The van der Waals surface area contributed by atoms with Crippen molar-refractivity contribution in [1.29, 1.82) is 0 Å². The molecule has 0 atom stereocenters. The molecule has 0 fully saturated rings. The van der Waals surface area contributed by atoms with Crippen molar-refractivity contribution < 1.29 is 9.53 Å². The lowest BCUT2D eigenvalue weighted by Crippen LogP contribution is -2.30. The second-order valence-corrected chi connectivity index (χ2v) is 9.18. The van der Waals surface area contributed by atoms with Crippen LogP contribution in [0.15, 0.2) is 60.7 Å². The fraction of sp³-hybridized carbons (Fsp3) is 0.259. The number of nitrogens with zero attached hydrogens (tertiary/aromatic N) is 2. The van der Waals surface area contributed by atoms with Crippen LogP contribution in [0.4, 0.5) is 0 Å². The van der Waals surface area contributed by atoms with E-state index in [0.29, 0.717) is 23.1 Å². The summed E-state index contributed by atoms with van der Waals surface area (Å²) < 4.78 is 7.88. The molecule has 1 heterocycles. The molecule has 1 N–H and O–H groups in total. The number of aryl methyl sites for hydroxylation is 3. The SMILES string of the molecule is Cc1ccc(C)c(OCC(=O)NCCCc2nc3ccccc3n2Cc2ccc(Cl)c(Cl)c2)c1. The number of rotatable bonds is 9. The third-order valence-electron chi connectivity index (χ3n) is 5.66. The van der Waals surface area contributed by atoms with Gasteiger partial charge in [0.05, 0.1) is 21.1 Å². The topological polar surface area (TPSA) is 56.1 Å². The van der Waals surface area contributed by atoms with Crippen LogP contribution >= 0.6 is 23.2 Å². The minimum atomic E-state index is -0.134. The summed E-state index contributed by atoms with van der Waals surface area (Å²) in [4.78, 5) is 17.1. The van der Waals surface area contributed by atoms with E-state index in [4.69, 9.17) is 32.9 Å². The van der Waals surface area contributed by atoms with E-state index < -0.39 is 0 Å². The smallest absolute Gasteiger partial charge is 0.257 e. The number of carbonyl (C=O) groups excluding carboxylic acids is 1. The van der Waals surface area contributed by atoms with Gasteiger partial charge in [0.25, 0.3) is 5.91 Å². The van der Waals surface area contributed by atoms with Gasteiger partial charge in [0.1, 0.15) is 11.6 Å². The van der Waals surface area contributed by atoms with Crippen LogP contribution in [0, 0.1) is 13.8 Å². The standard InChI is InChI=1S/C27H27Cl2N3O2/c1-18-9-10-19(2)25(14-18)34-17-27(33)30-13-5-8-26-31-23-6-3-4-7-24(23)32(26)16-20-11-12-21(28)22(29)15-20/h3-4,6-7,9-12,14-15H,5,8,13,16-17H2,1-2H3,(H,30,33). The lowest BCUT2D eigenvalue weighted by atomic mass is 10.1. The molecule has 0 unspecified atom stereocenters. The highest BCUT2D eigenvalue weighted by Crippen LogP contribution is 2.25. The number of benzene rings is 3. The van der Waals surface area contributed by atoms with Crippen molar-refractivity contribution >= 4 is 40.1 Å². The lowest BCUT2D eigenvalue weighted by Gasteiger charge is -2.12. The van der Waals surface area contributed by atoms with Crippen molar-refractivity contribution in [2.45, 2.75) is 33.2 Å². The third-order valence-corrected chi connectivity index (χ3v) is 6.40. The van der Waals surface area contributed by atoms with Crippen LogP contribution in [0.25, 0.3) is 11.0 Å². The van der Waals surface area contributed by atoms with Gasteiger partial charge in [-0.3, -0.25) is 4.79 Å². The Labute approximate surface area is 209 Å². The first-order valence-corrected chi connectivity index (χ1v) is 12.0. The molecule has 4 aromatic rings. The van der Waals surface area contributed by atoms with Gasteiger partial charge in [-0.2, -0.15) is 0 Å². The number of amides is 1. The Morgan fingerprint density at radius 3 is 2.68 bits per heavy atom. The van der Waals surface area contributed by atoms with Gasteiger partial charge in [-0.15, -0.1) is 0 Å². The molecular weight excluding hydrogens is 469 g/mol. The number of ether oxygens (including phenoxy) is 1. The molecule has 34 heavy (non-hydrogen) atoms. The Morgan fingerprint density at radius 1 is 1.03 bits per heavy atom. The number of hydrogen-bond donors (Lipinski definition) is 1. The second-order valence-electron chi connectivity index (χ2n) is 8.36. The first-order chi connectivity index (χ1) is 16.4. The summed E-state index contributed by atoms with van der Waals surface area (Å²) in [6, 6.07) is 19.7. The van der Waals surface area contributed by atoms with Gasteiger partial charge in [-0.05, 0) is 67.3 Å². The molecule has 4 rings (SSSR count). The number of carbonyl (C=O) groups is 1. The molecule has 1 amide bonds. The van der Waals surface area contributed by atoms with E-state index in [1.807, 2.05) is 68.4 Å². The summed E-state index contributed by atoms with van der Waals surface area (Å²) in [5.41, 5.74) is 5.18. The molecule has 1 aromatic heterocycles. The van der Waals surface area contributed by atoms with Crippen LogP contribution in [0.5, 0.6) is 5.75 Å². The molecule has 0 aliphatic rings. The fourth-order valence-electron chi connectivity index (χ4n) is 3.84. The Kier molecular flexibility index (Phi) is 7.76. The average molecular weight is 496 g/mol. The summed E-state index contributed by atoms with van der Waals surface area (Å²) in [6.07, 6.45) is 1.49. The van der Waals surface area contributed by atoms with E-state index in [9.17, 15) is 4.79 Å². The van der Waals surface area contributed by atoms with Gasteiger partial charge in [0.15, 0.2) is 6.61 Å². The molecule has 0 aliphatic heterocycles. The van der Waals surface area contributed by atoms with Crippen molar-refractivity contribution in [1.82, 2.24) is 14.9 Å². The first-order valence-electron chi connectivity index (χ1n) is 11.3. The fourth-order valence-corrected chi connectivity index (χ4v) is 4.17. The maximum atomic E-state index is 12.3. The Balaban J connectivity index is 1.35. The van der Waals surface area contributed by atoms with Crippen LogP contribution in [0.2, 0.25) is 10.0 Å². The number of para-hydroxylation sites is 2. The molecule has 5 nitrogen and oxygen atoms in total. The number of imidazole rings is 1. The van der Waals surface area contributed by atoms with Gasteiger partial charge >= 0.3 is 0 Å². The van der Waals surface area contributed by atoms with E-state index in [-0.39, 0.29) is 12.5 Å². The lowest BCUT2D eigenvalue weighted by molar-refractivity contribution is -0.123. The number of nitrogens with one attached hydrogen (secondary N) is 1. The Morgan fingerprint density at radius 2 is 1.85 bits per heavy atom. The highest BCUT2D eigenvalue weighted by molar-refractivity contribution is 6.42. The molecular formula is C27H27Cl2N3O2. The van der Waals surface area contributed by atoms with Crippen LogP contribution in [0.1, 0.15) is 28.9 Å². The van der Waals surface area contributed by atoms with E-state index in [0.717, 1.165) is 52.1 Å². The highest BCUT2D eigenvalue weighted by atomic mass is 35.5. The summed E-state index contributed by atoms with van der Waals surface area (Å²) >= 11 is 12.3. The molecule has 0 aliphatic carbocycles. The highest BCUT2D eigenvalue weighted by Gasteiger charge is 2.12. The summed E-state index contributed by atoms with van der Waals surface area (Å²) in [5, 5.41) is 4.02. The molecule has 0 bridgehead atoms. The monoisotopic (exact) mass is 495 g/mol. The Hall–Kier alpha value is -3.02. The summed E-state index contributed by atoms with van der Waals surface area (Å²) in [7, 11) is 0. The number of halogens is 2. The van der Waals surface area contributed by atoms with Crippen molar-refractivity contribution in [2.24, 2.45) is 0 Å². The van der Waals surface area contributed by atoms with Crippen molar-refractivity contribution in [2.75, 3.05) is 13.2 Å². The third kappa shape index (κ3) is 5.91. The quantitative estimate of drug-likeness (QED) is 0.284. The molecule has 0 radical (unpaired) electrons. The zero-order valence-electron chi connectivity index (χ0n) is 19.3.